The topological polar surface area (TPSA) is 119 Å². The van der Waals surface area contributed by atoms with Gasteiger partial charge in [-0.05, 0) is 60.5 Å². The molecule has 1 N–H and O–H groups in total. The Hall–Kier alpha value is -3.37. The average Bonchev–Trinajstić information content (AvgIpc) is 3.02. The van der Waals surface area contributed by atoms with Crippen LogP contribution in [-0.4, -0.2) is 46.6 Å². The second-order valence-electron chi connectivity index (χ2n) is 7.21. The van der Waals surface area contributed by atoms with Crippen LogP contribution in [0, 0.1) is 24.0 Å². The number of halogens is 1. The quantitative estimate of drug-likeness (QED) is 0.337. The normalized spacial score (nSPS) is 14.6. The number of benzene rings is 2. The number of thioether (sulfide) groups is 1. The number of nitro benzene ring substituents is 1. The van der Waals surface area contributed by atoms with E-state index < -0.39 is 16.1 Å². The molecule has 3 rings (SSSR count). The third-order valence-corrected chi connectivity index (χ3v) is 5.93. The molecule has 0 spiro atoms. The maximum Gasteiger partial charge on any atom is 0.293 e. The highest BCUT2D eigenvalue weighted by Crippen LogP contribution is 2.33. The number of nitro groups is 1. The number of imide groups is 1. The fourth-order valence-corrected chi connectivity index (χ4v) is 4.02. The fraction of sp³-hybridized carbons (Fsp3) is 0.227. The number of hydrogen-bond donors (Lipinski definition) is 1. The van der Waals surface area contributed by atoms with Gasteiger partial charge in [0.2, 0.25) is 0 Å². The minimum atomic E-state index is -0.627. The Balaban J connectivity index is 1.54. The van der Waals surface area contributed by atoms with E-state index in [9.17, 15) is 24.5 Å². The molecule has 1 aliphatic heterocycles. The van der Waals surface area contributed by atoms with Crippen LogP contribution in [0.1, 0.15) is 16.7 Å². The minimum absolute atomic E-state index is 0.0159. The zero-order chi connectivity index (χ0) is 24.1. The number of hydrogen-bond acceptors (Lipinski definition) is 7. The molecule has 0 aliphatic carbocycles. The van der Waals surface area contributed by atoms with E-state index in [0.717, 1.165) is 27.8 Å². The Morgan fingerprint density at radius 2 is 2.00 bits per heavy atom. The average molecular weight is 490 g/mol. The van der Waals surface area contributed by atoms with Gasteiger partial charge in [0, 0.05) is 19.2 Å². The molecule has 0 bridgehead atoms. The van der Waals surface area contributed by atoms with Gasteiger partial charge in [0.15, 0.2) is 6.61 Å². The first-order valence-corrected chi connectivity index (χ1v) is 11.0. The molecule has 0 saturated carbocycles. The first-order valence-electron chi connectivity index (χ1n) is 9.82. The van der Waals surface area contributed by atoms with Crippen molar-refractivity contribution < 1.29 is 24.0 Å². The zero-order valence-electron chi connectivity index (χ0n) is 17.8. The van der Waals surface area contributed by atoms with Gasteiger partial charge in [-0.2, -0.15) is 0 Å². The van der Waals surface area contributed by atoms with Crippen molar-refractivity contribution in [2.45, 2.75) is 13.8 Å². The summed E-state index contributed by atoms with van der Waals surface area (Å²) in [5.41, 5.74) is 1.99. The molecular formula is C22H20ClN3O6S. The van der Waals surface area contributed by atoms with Crippen molar-refractivity contribution in [3.05, 3.63) is 73.1 Å². The number of aryl methyl sites for hydroxylation is 2. The lowest BCUT2D eigenvalue weighted by Gasteiger charge is -2.14. The van der Waals surface area contributed by atoms with E-state index in [1.54, 1.807) is 0 Å². The van der Waals surface area contributed by atoms with Crippen LogP contribution in [-0.2, 0) is 9.59 Å². The first kappa shape index (κ1) is 24.3. The molecule has 1 fully saturated rings. The molecule has 2 aromatic carbocycles. The minimum Gasteiger partial charge on any atom is -0.483 e. The molecule has 0 aromatic heterocycles. The highest BCUT2D eigenvalue weighted by molar-refractivity contribution is 8.18. The summed E-state index contributed by atoms with van der Waals surface area (Å²) in [6.45, 7) is 3.65. The number of ether oxygens (including phenoxy) is 1. The number of nitrogens with zero attached hydrogens (tertiary/aromatic N) is 2. The highest BCUT2D eigenvalue weighted by atomic mass is 35.5. The molecule has 11 heteroatoms. The molecule has 0 atom stereocenters. The molecule has 9 nitrogen and oxygen atoms in total. The van der Waals surface area contributed by atoms with Gasteiger partial charge in [0.25, 0.3) is 22.7 Å². The van der Waals surface area contributed by atoms with Crippen LogP contribution in [0.15, 0.2) is 41.3 Å². The second kappa shape index (κ2) is 10.5. The third kappa shape index (κ3) is 6.11. The van der Waals surface area contributed by atoms with Gasteiger partial charge >= 0.3 is 0 Å². The predicted molar refractivity (Wildman–Crippen MR) is 125 cm³/mol. The highest BCUT2D eigenvalue weighted by Gasteiger charge is 2.34. The maximum atomic E-state index is 12.6. The number of rotatable bonds is 8. The van der Waals surface area contributed by atoms with Crippen molar-refractivity contribution >= 4 is 52.2 Å². The maximum absolute atomic E-state index is 12.6. The summed E-state index contributed by atoms with van der Waals surface area (Å²) in [6, 6.07) is 9.78. The Morgan fingerprint density at radius 1 is 1.24 bits per heavy atom. The summed E-state index contributed by atoms with van der Waals surface area (Å²) in [7, 11) is 0. The monoisotopic (exact) mass is 489 g/mol. The first-order chi connectivity index (χ1) is 15.7. The van der Waals surface area contributed by atoms with E-state index in [2.05, 4.69) is 5.32 Å². The number of nitrogens with one attached hydrogen (secondary N) is 1. The molecule has 33 heavy (non-hydrogen) atoms. The Labute approximate surface area is 198 Å². The molecule has 1 heterocycles. The van der Waals surface area contributed by atoms with Gasteiger partial charge in [-0.25, -0.2) is 0 Å². The summed E-state index contributed by atoms with van der Waals surface area (Å²) < 4.78 is 5.53. The van der Waals surface area contributed by atoms with Crippen LogP contribution in [0.25, 0.3) is 6.08 Å². The van der Waals surface area contributed by atoms with Gasteiger partial charge < -0.3 is 10.1 Å². The molecule has 1 saturated heterocycles. The van der Waals surface area contributed by atoms with Crippen LogP contribution in [0.4, 0.5) is 10.5 Å². The molecule has 2 aromatic rings. The lowest BCUT2D eigenvalue weighted by molar-refractivity contribution is -0.384. The Morgan fingerprint density at radius 3 is 2.73 bits per heavy atom. The lowest BCUT2D eigenvalue weighted by atomic mass is 10.1. The van der Waals surface area contributed by atoms with Crippen LogP contribution in [0.2, 0.25) is 5.02 Å². The largest absolute Gasteiger partial charge is 0.483 e. The number of carbonyl (C=O) groups excluding carboxylic acids is 3. The molecule has 0 unspecified atom stereocenters. The fourth-order valence-electron chi connectivity index (χ4n) is 2.97. The summed E-state index contributed by atoms with van der Waals surface area (Å²) in [5, 5.41) is 13.1. The SMILES string of the molecule is Cc1ccc(C)c(OCC(=O)NCCN2C(=O)S/C(=C\c3ccc(Cl)c([N+](=O)[O-])c3)C2=O)c1. The molecular weight excluding hydrogens is 470 g/mol. The van der Waals surface area contributed by atoms with Crippen molar-refractivity contribution in [3.8, 4) is 5.75 Å². The van der Waals surface area contributed by atoms with Crippen LogP contribution in [0.3, 0.4) is 0 Å². The number of amides is 3. The van der Waals surface area contributed by atoms with Crippen LogP contribution < -0.4 is 10.1 Å². The Kier molecular flexibility index (Phi) is 7.72. The van der Waals surface area contributed by atoms with Gasteiger partial charge in [0.1, 0.15) is 10.8 Å². The van der Waals surface area contributed by atoms with Crippen LogP contribution >= 0.6 is 23.4 Å². The zero-order valence-corrected chi connectivity index (χ0v) is 19.4. The van der Waals surface area contributed by atoms with Crippen LogP contribution in [0.5, 0.6) is 5.75 Å². The lowest BCUT2D eigenvalue weighted by Crippen LogP contribution is -2.38. The van der Waals surface area contributed by atoms with E-state index in [1.165, 1.54) is 24.3 Å². The van der Waals surface area contributed by atoms with Crippen molar-refractivity contribution in [1.82, 2.24) is 10.2 Å². The van der Waals surface area contributed by atoms with Crippen molar-refractivity contribution in [1.29, 1.82) is 0 Å². The van der Waals surface area contributed by atoms with Crippen molar-refractivity contribution in [3.63, 3.8) is 0 Å². The van der Waals surface area contributed by atoms with E-state index in [0.29, 0.717) is 11.3 Å². The van der Waals surface area contributed by atoms with E-state index in [1.807, 2.05) is 32.0 Å². The summed E-state index contributed by atoms with van der Waals surface area (Å²) in [5.74, 6) is -0.306. The van der Waals surface area contributed by atoms with Gasteiger partial charge in [-0.15, -0.1) is 0 Å². The van der Waals surface area contributed by atoms with E-state index >= 15 is 0 Å². The summed E-state index contributed by atoms with van der Waals surface area (Å²) in [6.07, 6.45) is 1.39. The van der Waals surface area contributed by atoms with Gasteiger partial charge in [-0.1, -0.05) is 29.8 Å². The standard InChI is InChI=1S/C22H20ClN3O6S/c1-13-3-4-14(2)18(9-13)32-12-20(27)24-7-8-25-21(28)19(33-22(25)29)11-15-5-6-16(23)17(10-15)26(30)31/h3-6,9-11H,7-8,12H2,1-2H3,(H,24,27)/b19-11-. The Bertz CT molecular complexity index is 1170. The summed E-state index contributed by atoms with van der Waals surface area (Å²) in [4.78, 5) is 48.4. The molecule has 1 aliphatic rings. The second-order valence-corrected chi connectivity index (χ2v) is 8.61. The van der Waals surface area contributed by atoms with E-state index in [4.69, 9.17) is 16.3 Å². The van der Waals surface area contributed by atoms with Gasteiger partial charge in [-0.3, -0.25) is 29.4 Å². The molecule has 172 valence electrons. The number of carbonyl (C=O) groups is 3. The molecule has 0 radical (unpaired) electrons. The van der Waals surface area contributed by atoms with Crippen molar-refractivity contribution in [2.24, 2.45) is 0 Å². The van der Waals surface area contributed by atoms with E-state index in [-0.39, 0.29) is 41.2 Å². The summed E-state index contributed by atoms with van der Waals surface area (Å²) >= 11 is 6.52. The predicted octanol–water partition coefficient (Wildman–Crippen LogP) is 4.10. The van der Waals surface area contributed by atoms with Crippen molar-refractivity contribution in [2.75, 3.05) is 19.7 Å². The van der Waals surface area contributed by atoms with Gasteiger partial charge in [0.05, 0.1) is 9.83 Å². The molecule has 3 amide bonds. The third-order valence-electron chi connectivity index (χ3n) is 4.70. The smallest absolute Gasteiger partial charge is 0.293 e.